The summed E-state index contributed by atoms with van der Waals surface area (Å²) >= 11 is 0. The van der Waals surface area contributed by atoms with Crippen molar-refractivity contribution >= 4 is 17.8 Å². The van der Waals surface area contributed by atoms with Gasteiger partial charge in [0.2, 0.25) is 18.7 Å². The lowest BCUT2D eigenvalue weighted by atomic mass is 10.2. The summed E-state index contributed by atoms with van der Waals surface area (Å²) in [5, 5.41) is 5.28. The number of aromatic nitrogens is 3. The van der Waals surface area contributed by atoms with E-state index >= 15 is 0 Å². The SMILES string of the molecule is COc1cc(CNC(=O)c2ccnc(NC(=O)C3CC3)n2)cnc1OCF. The van der Waals surface area contributed by atoms with Gasteiger partial charge in [0.25, 0.3) is 11.8 Å². The van der Waals surface area contributed by atoms with Crippen LogP contribution in [0.15, 0.2) is 24.5 Å². The highest BCUT2D eigenvalue weighted by atomic mass is 19.1. The first-order valence-corrected chi connectivity index (χ1v) is 8.24. The summed E-state index contributed by atoms with van der Waals surface area (Å²) in [5.41, 5.74) is 0.746. The van der Waals surface area contributed by atoms with E-state index in [9.17, 15) is 14.0 Å². The number of carbonyl (C=O) groups is 2. The molecule has 1 aliphatic carbocycles. The van der Waals surface area contributed by atoms with E-state index in [1.165, 1.54) is 25.6 Å². The van der Waals surface area contributed by atoms with E-state index in [1.54, 1.807) is 6.07 Å². The predicted octanol–water partition coefficient (Wildman–Crippen LogP) is 1.46. The van der Waals surface area contributed by atoms with Gasteiger partial charge >= 0.3 is 0 Å². The number of hydrogen-bond acceptors (Lipinski definition) is 7. The molecule has 2 aromatic rings. The molecule has 1 fully saturated rings. The molecule has 2 heterocycles. The lowest BCUT2D eigenvalue weighted by Gasteiger charge is -2.10. The summed E-state index contributed by atoms with van der Waals surface area (Å²) in [6.45, 7) is -0.876. The van der Waals surface area contributed by atoms with Crippen LogP contribution in [0, 0.1) is 5.92 Å². The molecule has 2 N–H and O–H groups in total. The van der Waals surface area contributed by atoms with Gasteiger partial charge in [-0.3, -0.25) is 14.9 Å². The Morgan fingerprint density at radius 2 is 2.15 bits per heavy atom. The lowest BCUT2D eigenvalue weighted by molar-refractivity contribution is -0.117. The molecule has 0 spiro atoms. The minimum Gasteiger partial charge on any atom is -0.491 e. The van der Waals surface area contributed by atoms with Gasteiger partial charge in [0.15, 0.2) is 5.75 Å². The van der Waals surface area contributed by atoms with Gasteiger partial charge in [0, 0.05) is 24.9 Å². The van der Waals surface area contributed by atoms with Crippen LogP contribution in [-0.2, 0) is 11.3 Å². The largest absolute Gasteiger partial charge is 0.491 e. The molecule has 0 unspecified atom stereocenters. The smallest absolute Gasteiger partial charge is 0.270 e. The zero-order valence-corrected chi connectivity index (χ0v) is 14.6. The van der Waals surface area contributed by atoms with Gasteiger partial charge in [0.1, 0.15) is 5.69 Å². The second-order valence-electron chi connectivity index (χ2n) is 5.82. The summed E-state index contributed by atoms with van der Waals surface area (Å²) in [5.74, 6) is -0.189. The fourth-order valence-electron chi connectivity index (χ4n) is 2.25. The number of nitrogens with zero attached hydrogens (tertiary/aromatic N) is 3. The van der Waals surface area contributed by atoms with E-state index in [4.69, 9.17) is 9.47 Å². The van der Waals surface area contributed by atoms with Crippen molar-refractivity contribution in [3.05, 3.63) is 35.8 Å². The van der Waals surface area contributed by atoms with Crippen LogP contribution in [0.5, 0.6) is 11.6 Å². The Hall–Kier alpha value is -3.30. The highest BCUT2D eigenvalue weighted by Gasteiger charge is 2.30. The summed E-state index contributed by atoms with van der Waals surface area (Å²) in [4.78, 5) is 36.0. The number of carbonyl (C=O) groups excluding carboxylic acids is 2. The second kappa shape index (κ2) is 8.39. The average molecular weight is 375 g/mol. The summed E-state index contributed by atoms with van der Waals surface area (Å²) in [6.07, 6.45) is 4.56. The highest BCUT2D eigenvalue weighted by molar-refractivity contribution is 5.94. The molecule has 0 atom stereocenters. The van der Waals surface area contributed by atoms with Crippen LogP contribution < -0.4 is 20.1 Å². The number of ether oxygens (including phenoxy) is 2. The van der Waals surface area contributed by atoms with Crippen molar-refractivity contribution in [1.82, 2.24) is 20.3 Å². The molecule has 0 radical (unpaired) electrons. The molecule has 142 valence electrons. The molecule has 0 aromatic carbocycles. The van der Waals surface area contributed by atoms with E-state index in [-0.39, 0.29) is 41.6 Å². The average Bonchev–Trinajstić information content (AvgIpc) is 3.52. The Balaban J connectivity index is 1.61. The molecule has 0 bridgehead atoms. The molecule has 9 nitrogen and oxygen atoms in total. The number of halogens is 1. The molecular weight excluding hydrogens is 357 g/mol. The standard InChI is InChI=1S/C17H18FN5O4/c1-26-13-6-10(8-21-16(13)27-9-18)7-20-15(25)12-4-5-19-17(22-12)23-14(24)11-2-3-11/h4-6,8,11H,2-3,7,9H2,1H3,(H,20,25)(H,19,22,23,24). The summed E-state index contributed by atoms with van der Waals surface area (Å²) in [6, 6.07) is 3.03. The Morgan fingerprint density at radius 3 is 2.85 bits per heavy atom. The summed E-state index contributed by atoms with van der Waals surface area (Å²) in [7, 11) is 1.41. The molecule has 0 saturated heterocycles. The number of rotatable bonds is 8. The number of amides is 2. The predicted molar refractivity (Wildman–Crippen MR) is 91.9 cm³/mol. The van der Waals surface area contributed by atoms with Gasteiger partial charge < -0.3 is 14.8 Å². The van der Waals surface area contributed by atoms with Crippen LogP contribution in [0.2, 0.25) is 0 Å². The van der Waals surface area contributed by atoms with Crippen LogP contribution in [0.3, 0.4) is 0 Å². The first kappa shape index (κ1) is 18.5. The Morgan fingerprint density at radius 1 is 1.33 bits per heavy atom. The fourth-order valence-corrected chi connectivity index (χ4v) is 2.25. The fraction of sp³-hybridized carbons (Fsp3) is 0.353. The first-order chi connectivity index (χ1) is 13.1. The van der Waals surface area contributed by atoms with Crippen molar-refractivity contribution < 1.29 is 23.5 Å². The summed E-state index contributed by atoms with van der Waals surface area (Å²) < 4.78 is 22.1. The lowest BCUT2D eigenvalue weighted by Crippen LogP contribution is -2.25. The van der Waals surface area contributed by atoms with Crippen LogP contribution >= 0.6 is 0 Å². The maximum Gasteiger partial charge on any atom is 0.270 e. The van der Waals surface area contributed by atoms with Gasteiger partial charge in [0.05, 0.1) is 7.11 Å². The van der Waals surface area contributed by atoms with Crippen LogP contribution in [0.4, 0.5) is 10.3 Å². The topological polar surface area (TPSA) is 115 Å². The van der Waals surface area contributed by atoms with Gasteiger partial charge in [-0.15, -0.1) is 0 Å². The minimum atomic E-state index is -1.02. The van der Waals surface area contributed by atoms with E-state index in [0.717, 1.165) is 12.8 Å². The molecule has 1 aliphatic rings. The zero-order chi connectivity index (χ0) is 19.2. The van der Waals surface area contributed by atoms with E-state index < -0.39 is 12.8 Å². The van der Waals surface area contributed by atoms with Gasteiger partial charge in [-0.25, -0.2) is 19.3 Å². The van der Waals surface area contributed by atoms with Crippen molar-refractivity contribution in [2.45, 2.75) is 19.4 Å². The Labute approximate surface area is 154 Å². The van der Waals surface area contributed by atoms with E-state index in [1.807, 2.05) is 0 Å². The Bertz CT molecular complexity index is 844. The highest BCUT2D eigenvalue weighted by Crippen LogP contribution is 2.29. The van der Waals surface area contributed by atoms with Crippen molar-refractivity contribution in [2.24, 2.45) is 5.92 Å². The van der Waals surface area contributed by atoms with Gasteiger partial charge in [-0.2, -0.15) is 0 Å². The monoisotopic (exact) mass is 375 g/mol. The third-order valence-electron chi connectivity index (χ3n) is 3.81. The molecule has 3 rings (SSSR count). The van der Waals surface area contributed by atoms with Crippen molar-refractivity contribution in [2.75, 3.05) is 19.3 Å². The van der Waals surface area contributed by atoms with Crippen LogP contribution in [0.1, 0.15) is 28.9 Å². The van der Waals surface area contributed by atoms with Crippen LogP contribution in [-0.4, -0.2) is 40.7 Å². The normalized spacial score (nSPS) is 13.0. The third kappa shape index (κ3) is 4.87. The number of hydrogen-bond donors (Lipinski definition) is 2. The van der Waals surface area contributed by atoms with E-state index in [0.29, 0.717) is 5.56 Å². The zero-order valence-electron chi connectivity index (χ0n) is 14.6. The van der Waals surface area contributed by atoms with Crippen LogP contribution in [0.25, 0.3) is 0 Å². The molecular formula is C17H18FN5O4. The van der Waals surface area contributed by atoms with Crippen molar-refractivity contribution in [1.29, 1.82) is 0 Å². The molecule has 1 saturated carbocycles. The molecule has 0 aliphatic heterocycles. The second-order valence-corrected chi connectivity index (χ2v) is 5.82. The van der Waals surface area contributed by atoms with Gasteiger partial charge in [-0.1, -0.05) is 0 Å². The number of pyridine rings is 1. The number of anilines is 1. The third-order valence-corrected chi connectivity index (χ3v) is 3.81. The first-order valence-electron chi connectivity index (χ1n) is 8.24. The maximum absolute atomic E-state index is 12.3. The van der Waals surface area contributed by atoms with Crippen molar-refractivity contribution in [3.63, 3.8) is 0 Å². The Kier molecular flexibility index (Phi) is 5.74. The minimum absolute atomic E-state index is 0.0120. The quantitative estimate of drug-likeness (QED) is 0.718. The molecule has 2 aromatic heterocycles. The number of nitrogens with one attached hydrogen (secondary N) is 2. The molecule has 10 heteroatoms. The van der Waals surface area contributed by atoms with Gasteiger partial charge in [-0.05, 0) is 30.5 Å². The number of alkyl halides is 1. The number of methoxy groups -OCH3 is 1. The van der Waals surface area contributed by atoms with E-state index in [2.05, 4.69) is 25.6 Å². The molecule has 27 heavy (non-hydrogen) atoms. The maximum atomic E-state index is 12.3. The molecule has 2 amide bonds. The van der Waals surface area contributed by atoms with Crippen molar-refractivity contribution in [3.8, 4) is 11.6 Å².